The van der Waals surface area contributed by atoms with Crippen molar-refractivity contribution in [2.45, 2.75) is 62.0 Å². The van der Waals surface area contributed by atoms with E-state index in [-0.39, 0.29) is 17.3 Å². The number of rotatable bonds is 6. The predicted molar refractivity (Wildman–Crippen MR) is 79.5 cm³/mol. The third-order valence-corrected chi connectivity index (χ3v) is 7.13. The summed E-state index contributed by atoms with van der Waals surface area (Å²) < 4.78 is 11.0. The molecule has 0 spiro atoms. The van der Waals surface area contributed by atoms with Crippen LogP contribution in [0, 0.1) is 0 Å². The van der Waals surface area contributed by atoms with E-state index in [4.69, 9.17) is 0 Å². The molecule has 0 saturated carbocycles. The molecule has 2 saturated heterocycles. The van der Waals surface area contributed by atoms with E-state index in [2.05, 4.69) is 12.2 Å². The lowest BCUT2D eigenvalue weighted by Crippen LogP contribution is -2.68. The van der Waals surface area contributed by atoms with Gasteiger partial charge in [0.05, 0.1) is 0 Å². The molecule has 0 aromatic rings. The molecule has 8 heteroatoms. The zero-order valence-corrected chi connectivity index (χ0v) is 13.8. The van der Waals surface area contributed by atoms with Gasteiger partial charge in [0.2, 0.25) is 5.91 Å². The van der Waals surface area contributed by atoms with Gasteiger partial charge in [0.25, 0.3) is 0 Å². The Balaban J connectivity index is 2.02. The van der Waals surface area contributed by atoms with E-state index in [0.717, 1.165) is 25.8 Å². The molecule has 0 aliphatic carbocycles. The molecule has 2 aliphatic rings. The molecule has 20 heavy (non-hydrogen) atoms. The number of hydrogen-bond donors (Lipinski definition) is 3. The second kappa shape index (κ2) is 5.61. The van der Waals surface area contributed by atoms with Crippen molar-refractivity contribution < 1.29 is 19.1 Å². The lowest BCUT2D eigenvalue weighted by atomic mass is 10.0. The standard InChI is InChI=1S/C12H23N2O4PS/c1-4-5-6-7-13-8-9(15)14-10(8)20-12(2,3)11(14)19(16,17)18/h8,10-11,13H,4-7H2,1-3H3,(H2,16,17,18)/t8?,10-,11?/m1/s1. The van der Waals surface area contributed by atoms with E-state index in [1.165, 1.54) is 16.7 Å². The van der Waals surface area contributed by atoms with Crippen LogP contribution in [0.25, 0.3) is 0 Å². The van der Waals surface area contributed by atoms with Crippen molar-refractivity contribution in [2.75, 3.05) is 6.54 Å². The van der Waals surface area contributed by atoms with Crippen LogP contribution < -0.4 is 5.32 Å². The minimum absolute atomic E-state index is 0.156. The number of fused-ring (bicyclic) bond motifs is 1. The van der Waals surface area contributed by atoms with Crippen LogP contribution in [0.4, 0.5) is 0 Å². The quantitative estimate of drug-likeness (QED) is 0.388. The van der Waals surface area contributed by atoms with Gasteiger partial charge in [-0.05, 0) is 26.8 Å². The Kier molecular flexibility index (Phi) is 4.57. The molecule has 0 radical (unpaired) electrons. The molecule has 1 amide bonds. The molecule has 0 bridgehead atoms. The number of thioether (sulfide) groups is 1. The second-order valence-electron chi connectivity index (χ2n) is 5.96. The maximum atomic E-state index is 12.2. The van der Waals surface area contributed by atoms with E-state index in [1.54, 1.807) is 13.8 Å². The first-order valence-corrected chi connectivity index (χ1v) is 9.55. The summed E-state index contributed by atoms with van der Waals surface area (Å²) in [6.45, 7) is 6.48. The third-order valence-electron chi connectivity index (χ3n) is 3.85. The second-order valence-corrected chi connectivity index (χ2v) is 9.40. The first-order chi connectivity index (χ1) is 9.20. The fourth-order valence-corrected chi connectivity index (χ4v) is 6.59. The highest BCUT2D eigenvalue weighted by Gasteiger charge is 2.65. The Bertz CT molecular complexity index is 439. The molecule has 2 heterocycles. The normalized spacial score (nSPS) is 32.1. The summed E-state index contributed by atoms with van der Waals surface area (Å²) in [4.78, 5) is 32.6. The molecule has 0 aromatic carbocycles. The smallest absolute Gasteiger partial charge is 0.323 e. The molecule has 2 aliphatic heterocycles. The van der Waals surface area contributed by atoms with Crippen LogP contribution in [0.15, 0.2) is 0 Å². The van der Waals surface area contributed by atoms with Gasteiger partial charge >= 0.3 is 7.60 Å². The fourth-order valence-electron chi connectivity index (χ4n) is 2.97. The van der Waals surface area contributed by atoms with Gasteiger partial charge in [0.1, 0.15) is 17.2 Å². The average molecular weight is 322 g/mol. The predicted octanol–water partition coefficient (Wildman–Crippen LogP) is 1.33. The van der Waals surface area contributed by atoms with E-state index >= 15 is 0 Å². The van der Waals surface area contributed by atoms with Crippen molar-refractivity contribution in [1.82, 2.24) is 10.2 Å². The van der Waals surface area contributed by atoms with Gasteiger partial charge in [-0.3, -0.25) is 9.36 Å². The molecule has 2 rings (SSSR count). The van der Waals surface area contributed by atoms with Gasteiger partial charge in [-0.1, -0.05) is 19.8 Å². The molecule has 6 nitrogen and oxygen atoms in total. The highest BCUT2D eigenvalue weighted by atomic mass is 32.2. The van der Waals surface area contributed by atoms with Gasteiger partial charge < -0.3 is 20.0 Å². The topological polar surface area (TPSA) is 89.9 Å². The molecular formula is C12H23N2O4PS. The lowest BCUT2D eigenvalue weighted by molar-refractivity contribution is -0.147. The Morgan fingerprint density at radius 2 is 2.05 bits per heavy atom. The molecule has 2 unspecified atom stereocenters. The SMILES string of the molecule is CCCCCNC1C(=O)N2C(P(=O)(O)O)C(C)(C)S[C@H]12. The van der Waals surface area contributed by atoms with Crippen LogP contribution in [0.1, 0.15) is 40.0 Å². The summed E-state index contributed by atoms with van der Waals surface area (Å²) in [5, 5.41) is 3.06. The van der Waals surface area contributed by atoms with Crippen molar-refractivity contribution in [3.05, 3.63) is 0 Å². The highest BCUT2D eigenvalue weighted by molar-refractivity contribution is 8.02. The van der Waals surface area contributed by atoms with Crippen LogP contribution in [0.5, 0.6) is 0 Å². The first-order valence-electron chi connectivity index (χ1n) is 6.98. The Morgan fingerprint density at radius 3 is 2.60 bits per heavy atom. The maximum absolute atomic E-state index is 12.2. The molecule has 3 N–H and O–H groups in total. The van der Waals surface area contributed by atoms with Gasteiger partial charge in [0, 0.05) is 4.75 Å². The van der Waals surface area contributed by atoms with Crippen LogP contribution in [0.3, 0.4) is 0 Å². The van der Waals surface area contributed by atoms with Gasteiger partial charge in [-0.2, -0.15) is 0 Å². The van der Waals surface area contributed by atoms with Gasteiger partial charge in [-0.25, -0.2) is 0 Å². The summed E-state index contributed by atoms with van der Waals surface area (Å²) in [7, 11) is -4.32. The van der Waals surface area contributed by atoms with Crippen molar-refractivity contribution in [1.29, 1.82) is 0 Å². The fraction of sp³-hybridized carbons (Fsp3) is 0.917. The van der Waals surface area contributed by atoms with E-state index < -0.39 is 18.1 Å². The summed E-state index contributed by atoms with van der Waals surface area (Å²) in [6.07, 6.45) is 3.26. The monoisotopic (exact) mass is 322 g/mol. The zero-order valence-electron chi connectivity index (χ0n) is 12.1. The number of carbonyl (C=O) groups excluding carboxylic acids is 1. The van der Waals surface area contributed by atoms with Crippen molar-refractivity contribution in [3.8, 4) is 0 Å². The number of nitrogens with zero attached hydrogens (tertiary/aromatic N) is 1. The van der Waals surface area contributed by atoms with Crippen LogP contribution in [-0.4, -0.2) is 49.1 Å². The molecule has 0 aromatic heterocycles. The Labute approximate surface area is 123 Å². The number of hydrogen-bond acceptors (Lipinski definition) is 4. The van der Waals surface area contributed by atoms with Crippen LogP contribution in [-0.2, 0) is 9.36 Å². The third kappa shape index (κ3) is 2.79. The van der Waals surface area contributed by atoms with Gasteiger partial charge in [0.15, 0.2) is 0 Å². The summed E-state index contributed by atoms with van der Waals surface area (Å²) >= 11 is 1.48. The van der Waals surface area contributed by atoms with Gasteiger partial charge in [-0.15, -0.1) is 11.8 Å². The zero-order chi connectivity index (χ0) is 15.1. The lowest BCUT2D eigenvalue weighted by Gasteiger charge is -2.45. The Morgan fingerprint density at radius 1 is 1.40 bits per heavy atom. The summed E-state index contributed by atoms with van der Waals surface area (Å²) in [5.74, 6) is -1.19. The van der Waals surface area contributed by atoms with Crippen molar-refractivity contribution in [3.63, 3.8) is 0 Å². The van der Waals surface area contributed by atoms with E-state index in [1.807, 2.05) is 0 Å². The highest BCUT2D eigenvalue weighted by Crippen LogP contribution is 2.62. The molecular weight excluding hydrogens is 299 g/mol. The van der Waals surface area contributed by atoms with Crippen molar-refractivity contribution >= 4 is 25.3 Å². The number of β-lactam (4-membered cyclic amide) rings is 1. The minimum atomic E-state index is -4.32. The number of unbranched alkanes of at least 4 members (excludes halogenated alkanes) is 2. The average Bonchev–Trinajstić information content (AvgIpc) is 2.57. The van der Waals surface area contributed by atoms with E-state index in [9.17, 15) is 19.1 Å². The van der Waals surface area contributed by atoms with E-state index in [0.29, 0.717) is 0 Å². The maximum Gasteiger partial charge on any atom is 0.349 e. The molecule has 3 atom stereocenters. The summed E-state index contributed by atoms with van der Waals surface area (Å²) in [6, 6.07) is -0.298. The first kappa shape index (κ1) is 16.3. The number of carbonyl (C=O) groups is 1. The van der Waals surface area contributed by atoms with Crippen molar-refractivity contribution in [2.24, 2.45) is 0 Å². The molecule has 2 fully saturated rings. The molecule has 116 valence electrons. The number of amides is 1. The summed E-state index contributed by atoms with van der Waals surface area (Å²) in [5.41, 5.74) is 0. The van der Waals surface area contributed by atoms with Crippen LogP contribution in [0.2, 0.25) is 0 Å². The minimum Gasteiger partial charge on any atom is -0.323 e. The number of nitrogens with one attached hydrogen (secondary N) is 1. The Hall–Kier alpha value is -0.0700. The largest absolute Gasteiger partial charge is 0.349 e. The van der Waals surface area contributed by atoms with Crippen LogP contribution >= 0.6 is 19.4 Å².